The third-order valence-electron chi connectivity index (χ3n) is 4.29. The number of hydrogen-bond donors (Lipinski definition) is 1. The number of aromatic nitrogens is 2. The molecule has 4 rings (SSSR count). The number of amides is 1. The number of carbonyl (C=O) groups is 1. The number of ether oxygens (including phenoxy) is 2. The van der Waals surface area contributed by atoms with Crippen molar-refractivity contribution < 1.29 is 14.3 Å². The minimum atomic E-state index is 0.0440. The maximum absolute atomic E-state index is 12.7. The molecule has 0 spiro atoms. The average Bonchev–Trinajstić information content (AvgIpc) is 3.25. The van der Waals surface area contributed by atoms with Gasteiger partial charge in [-0.25, -0.2) is 0 Å². The van der Waals surface area contributed by atoms with Crippen molar-refractivity contribution in [2.45, 2.75) is 18.8 Å². The number of fused-ring (bicyclic) bond motifs is 1. The first-order valence-corrected chi connectivity index (χ1v) is 7.49. The van der Waals surface area contributed by atoms with Crippen LogP contribution in [0, 0.1) is 0 Å². The zero-order chi connectivity index (χ0) is 14.9. The van der Waals surface area contributed by atoms with Crippen LogP contribution in [0.2, 0.25) is 0 Å². The second kappa shape index (κ2) is 5.36. The van der Waals surface area contributed by atoms with E-state index in [-0.39, 0.29) is 12.7 Å². The Labute approximate surface area is 128 Å². The summed E-state index contributed by atoms with van der Waals surface area (Å²) in [6, 6.07) is 7.35. The predicted octanol–water partition coefficient (Wildman–Crippen LogP) is 2.16. The van der Waals surface area contributed by atoms with Gasteiger partial charge < -0.3 is 14.4 Å². The number of hydrogen-bond acceptors (Lipinski definition) is 4. The molecule has 1 unspecified atom stereocenters. The SMILES string of the molecule is O=C(c1ccc2c(c1)OCO2)N1CCCC(c2ccn[nH]2)C1. The highest BCUT2D eigenvalue weighted by Crippen LogP contribution is 2.33. The van der Waals surface area contributed by atoms with Gasteiger partial charge in [-0.2, -0.15) is 5.10 Å². The van der Waals surface area contributed by atoms with E-state index in [2.05, 4.69) is 10.2 Å². The largest absolute Gasteiger partial charge is 0.454 e. The highest BCUT2D eigenvalue weighted by atomic mass is 16.7. The van der Waals surface area contributed by atoms with E-state index in [1.807, 2.05) is 11.0 Å². The number of nitrogens with zero attached hydrogens (tertiary/aromatic N) is 2. The molecule has 1 saturated heterocycles. The molecule has 6 nitrogen and oxygen atoms in total. The lowest BCUT2D eigenvalue weighted by Crippen LogP contribution is -2.39. The van der Waals surface area contributed by atoms with Crippen molar-refractivity contribution >= 4 is 5.91 Å². The van der Waals surface area contributed by atoms with Gasteiger partial charge in [-0.3, -0.25) is 9.89 Å². The molecule has 6 heteroatoms. The average molecular weight is 299 g/mol. The Bertz CT molecular complexity index is 684. The van der Waals surface area contributed by atoms with Crippen LogP contribution < -0.4 is 9.47 Å². The van der Waals surface area contributed by atoms with Crippen LogP contribution in [0.1, 0.15) is 34.8 Å². The zero-order valence-corrected chi connectivity index (χ0v) is 12.1. The molecule has 3 heterocycles. The summed E-state index contributed by atoms with van der Waals surface area (Å²) in [6.07, 6.45) is 3.83. The smallest absolute Gasteiger partial charge is 0.254 e. The first kappa shape index (κ1) is 13.2. The molecule has 1 aromatic carbocycles. The fourth-order valence-electron chi connectivity index (χ4n) is 3.12. The number of rotatable bonds is 2. The summed E-state index contributed by atoms with van der Waals surface area (Å²) in [5.41, 5.74) is 1.75. The van der Waals surface area contributed by atoms with Crippen molar-refractivity contribution in [1.29, 1.82) is 0 Å². The van der Waals surface area contributed by atoms with Gasteiger partial charge in [0, 0.05) is 36.5 Å². The first-order valence-electron chi connectivity index (χ1n) is 7.49. The molecule has 0 saturated carbocycles. The molecule has 114 valence electrons. The molecule has 0 aliphatic carbocycles. The highest BCUT2D eigenvalue weighted by Gasteiger charge is 2.27. The summed E-state index contributed by atoms with van der Waals surface area (Å²) >= 11 is 0. The maximum Gasteiger partial charge on any atom is 0.254 e. The Morgan fingerprint density at radius 3 is 3.05 bits per heavy atom. The van der Waals surface area contributed by atoms with Crippen LogP contribution in [-0.4, -0.2) is 40.9 Å². The van der Waals surface area contributed by atoms with E-state index in [0.717, 1.165) is 31.6 Å². The fourth-order valence-corrected chi connectivity index (χ4v) is 3.12. The van der Waals surface area contributed by atoms with Gasteiger partial charge in [0.25, 0.3) is 5.91 Å². The predicted molar refractivity (Wildman–Crippen MR) is 79.0 cm³/mol. The number of aromatic amines is 1. The van der Waals surface area contributed by atoms with Crippen LogP contribution in [0.25, 0.3) is 0 Å². The fraction of sp³-hybridized carbons (Fsp3) is 0.375. The van der Waals surface area contributed by atoms with Crippen molar-refractivity contribution in [3.63, 3.8) is 0 Å². The Morgan fingerprint density at radius 1 is 1.27 bits per heavy atom. The molecule has 1 atom stereocenters. The van der Waals surface area contributed by atoms with E-state index in [1.165, 1.54) is 0 Å². The monoisotopic (exact) mass is 299 g/mol. The highest BCUT2D eigenvalue weighted by molar-refractivity contribution is 5.95. The van der Waals surface area contributed by atoms with Crippen LogP contribution in [0.15, 0.2) is 30.5 Å². The quantitative estimate of drug-likeness (QED) is 0.922. The summed E-state index contributed by atoms with van der Waals surface area (Å²) in [4.78, 5) is 14.6. The number of carbonyl (C=O) groups excluding carboxylic acids is 1. The number of H-pyrrole nitrogens is 1. The molecule has 2 aliphatic rings. The molecule has 1 N–H and O–H groups in total. The van der Waals surface area contributed by atoms with Crippen molar-refractivity contribution in [3.05, 3.63) is 41.7 Å². The molecule has 22 heavy (non-hydrogen) atoms. The van der Waals surface area contributed by atoms with Gasteiger partial charge >= 0.3 is 0 Å². The lowest BCUT2D eigenvalue weighted by Gasteiger charge is -2.32. The molecule has 0 bridgehead atoms. The maximum atomic E-state index is 12.7. The minimum absolute atomic E-state index is 0.0440. The van der Waals surface area contributed by atoms with E-state index < -0.39 is 0 Å². The Balaban J connectivity index is 1.52. The van der Waals surface area contributed by atoms with Crippen LogP contribution in [0.4, 0.5) is 0 Å². The standard InChI is InChI=1S/C16H17N3O3/c20-16(11-3-4-14-15(8-11)22-10-21-14)19-7-1-2-12(9-19)13-5-6-17-18-13/h3-6,8,12H,1-2,7,9-10H2,(H,17,18). The van der Waals surface area contributed by atoms with Gasteiger partial charge in [0.1, 0.15) is 0 Å². The van der Waals surface area contributed by atoms with Gasteiger partial charge in [-0.05, 0) is 37.1 Å². The van der Waals surface area contributed by atoms with Crippen molar-refractivity contribution in [2.24, 2.45) is 0 Å². The summed E-state index contributed by atoms with van der Waals surface area (Å²) in [6.45, 7) is 1.73. The number of piperidine rings is 1. The topological polar surface area (TPSA) is 67.5 Å². The van der Waals surface area contributed by atoms with Crippen molar-refractivity contribution in [1.82, 2.24) is 15.1 Å². The number of likely N-dealkylation sites (tertiary alicyclic amines) is 1. The van der Waals surface area contributed by atoms with Crippen LogP contribution >= 0.6 is 0 Å². The van der Waals surface area contributed by atoms with E-state index in [9.17, 15) is 4.79 Å². The van der Waals surface area contributed by atoms with Crippen LogP contribution in [0.3, 0.4) is 0 Å². The molecule has 0 radical (unpaired) electrons. The summed E-state index contributed by atoms with van der Waals surface area (Å²) in [5.74, 6) is 1.72. The summed E-state index contributed by atoms with van der Waals surface area (Å²) in [5, 5.41) is 7.02. The minimum Gasteiger partial charge on any atom is -0.454 e. The van der Waals surface area contributed by atoms with Gasteiger partial charge in [-0.1, -0.05) is 0 Å². The third-order valence-corrected chi connectivity index (χ3v) is 4.29. The second-order valence-electron chi connectivity index (χ2n) is 5.67. The van der Waals surface area contributed by atoms with Crippen LogP contribution in [-0.2, 0) is 0 Å². The second-order valence-corrected chi connectivity index (χ2v) is 5.67. The van der Waals surface area contributed by atoms with Gasteiger partial charge in [0.15, 0.2) is 11.5 Å². The third kappa shape index (κ3) is 2.30. The number of nitrogens with one attached hydrogen (secondary N) is 1. The molecular weight excluding hydrogens is 282 g/mol. The molecule has 1 amide bonds. The van der Waals surface area contributed by atoms with Gasteiger partial charge in [0.05, 0.1) is 0 Å². The normalized spacial score (nSPS) is 20.2. The zero-order valence-electron chi connectivity index (χ0n) is 12.1. The lowest BCUT2D eigenvalue weighted by molar-refractivity contribution is 0.0705. The van der Waals surface area contributed by atoms with Crippen molar-refractivity contribution in [2.75, 3.05) is 19.9 Å². The molecule has 1 aromatic heterocycles. The lowest BCUT2D eigenvalue weighted by atomic mass is 9.94. The summed E-state index contributed by atoms with van der Waals surface area (Å²) < 4.78 is 10.6. The molecule has 2 aliphatic heterocycles. The molecular formula is C16H17N3O3. The van der Waals surface area contributed by atoms with Gasteiger partial charge in [0.2, 0.25) is 6.79 Å². The van der Waals surface area contributed by atoms with Gasteiger partial charge in [-0.15, -0.1) is 0 Å². The summed E-state index contributed by atoms with van der Waals surface area (Å²) in [7, 11) is 0. The molecule has 1 fully saturated rings. The van der Waals surface area contributed by atoms with E-state index >= 15 is 0 Å². The Kier molecular flexibility index (Phi) is 3.21. The Hall–Kier alpha value is -2.50. The van der Waals surface area contributed by atoms with E-state index in [1.54, 1.807) is 24.4 Å². The van der Waals surface area contributed by atoms with E-state index in [0.29, 0.717) is 23.0 Å². The Morgan fingerprint density at radius 2 is 2.18 bits per heavy atom. The van der Waals surface area contributed by atoms with E-state index in [4.69, 9.17) is 9.47 Å². The number of benzene rings is 1. The van der Waals surface area contributed by atoms with Crippen LogP contribution in [0.5, 0.6) is 11.5 Å². The first-order chi connectivity index (χ1) is 10.8. The van der Waals surface area contributed by atoms with Crippen molar-refractivity contribution in [3.8, 4) is 11.5 Å². The molecule has 2 aromatic rings.